The fourth-order valence-corrected chi connectivity index (χ4v) is 7.87. The average Bonchev–Trinajstić information content (AvgIpc) is 3.61. The molecule has 0 N–H and O–H groups in total. The van der Waals surface area contributed by atoms with Gasteiger partial charge in [-0.1, -0.05) is 37.8 Å². The van der Waals surface area contributed by atoms with Crippen LogP contribution >= 0.6 is 0 Å². The maximum Gasteiger partial charge on any atom is 0.410 e. The van der Waals surface area contributed by atoms with Crippen molar-refractivity contribution >= 4 is 34.9 Å². The van der Waals surface area contributed by atoms with E-state index >= 15 is 4.39 Å². The van der Waals surface area contributed by atoms with E-state index in [9.17, 15) is 18.5 Å². The van der Waals surface area contributed by atoms with Crippen molar-refractivity contribution in [1.82, 2.24) is 19.2 Å². The second-order valence-electron chi connectivity index (χ2n) is 14.0. The number of ether oxygens (including phenoxy) is 2. The van der Waals surface area contributed by atoms with Crippen LogP contribution in [0.3, 0.4) is 0 Å². The maximum absolute atomic E-state index is 16.6. The summed E-state index contributed by atoms with van der Waals surface area (Å²) >= 11 is 0. The van der Waals surface area contributed by atoms with Crippen LogP contribution in [0.1, 0.15) is 26.3 Å². The normalized spacial score (nSPS) is 15.7. The number of amides is 1. The van der Waals surface area contributed by atoms with Crippen LogP contribution in [0.4, 0.5) is 9.18 Å². The lowest BCUT2D eigenvalue weighted by atomic mass is 9.91. The monoisotopic (exact) mass is 665 g/mol. The summed E-state index contributed by atoms with van der Waals surface area (Å²) in [5.41, 5.74) is -2.63. The zero-order chi connectivity index (χ0) is 33.5. The lowest BCUT2D eigenvalue weighted by molar-refractivity contribution is -0.0489. The molecule has 0 radical (unpaired) electrons. The summed E-state index contributed by atoms with van der Waals surface area (Å²) in [5, 5.41) is 15.3. The molecule has 46 heavy (non-hydrogen) atoms. The van der Waals surface area contributed by atoms with E-state index in [0.717, 1.165) is 16.9 Å². The highest BCUT2D eigenvalue weighted by Gasteiger charge is 2.59. The highest BCUT2D eigenvalue weighted by atomic mass is 32.2. The number of halogens is 1. The van der Waals surface area contributed by atoms with Crippen LogP contribution in [0.25, 0.3) is 22.0 Å². The molecule has 2 aromatic heterocycles. The maximum atomic E-state index is 16.6. The minimum Gasteiger partial charge on any atom is -0.444 e. The number of carbonyl (C=O) groups excluding carboxylic acids is 1. The van der Waals surface area contributed by atoms with Crippen molar-refractivity contribution in [2.24, 2.45) is 0 Å². The summed E-state index contributed by atoms with van der Waals surface area (Å²) in [6.45, 7) is 12.5. The Hall–Kier alpha value is -3.99. The molecule has 2 aromatic carbocycles. The van der Waals surface area contributed by atoms with Gasteiger partial charge < -0.3 is 18.9 Å². The third-order valence-corrected chi connectivity index (χ3v) is 11.6. The molecule has 0 aliphatic carbocycles. The number of alkyl halides is 1. The number of sulfone groups is 1. The van der Waals surface area contributed by atoms with E-state index in [2.05, 4.69) is 30.8 Å². The molecule has 1 amide bonds. The van der Waals surface area contributed by atoms with Crippen molar-refractivity contribution in [2.75, 3.05) is 19.7 Å². The predicted molar refractivity (Wildman–Crippen MR) is 176 cm³/mol. The third kappa shape index (κ3) is 6.60. The molecule has 1 unspecified atom stereocenters. The van der Waals surface area contributed by atoms with E-state index in [4.69, 9.17) is 9.47 Å². The largest absolute Gasteiger partial charge is 0.444 e. The fraction of sp³-hybridized carbons (Fsp3) is 0.424. The number of likely N-dealkylation sites (tertiary alicyclic amines) is 1. The Kier molecular flexibility index (Phi) is 8.93. The van der Waals surface area contributed by atoms with Gasteiger partial charge in [0.1, 0.15) is 17.9 Å². The number of hydrogen-bond donors (Lipinski definition) is 0. The molecule has 1 aliphatic heterocycles. The van der Waals surface area contributed by atoms with Gasteiger partial charge in [0, 0.05) is 43.6 Å². The summed E-state index contributed by atoms with van der Waals surface area (Å²) in [4.78, 5) is 14.0. The van der Waals surface area contributed by atoms with Crippen LogP contribution in [0.15, 0.2) is 72.0 Å². The van der Waals surface area contributed by atoms with Gasteiger partial charge in [-0.05, 0) is 57.1 Å². The van der Waals surface area contributed by atoms with E-state index < -0.39 is 40.6 Å². The predicted octanol–water partition coefficient (Wildman–Crippen LogP) is 6.40. The Balaban J connectivity index is 1.51. The van der Waals surface area contributed by atoms with Gasteiger partial charge in [-0.3, -0.25) is 4.68 Å². The summed E-state index contributed by atoms with van der Waals surface area (Å²) in [6, 6.07) is 16.1. The SMILES string of the molecule is CC(C)(C)OC(=O)N1CC(C(F)S(=O)(=O)c2ccccc2)(n2cc(-c3c(C#N)ccc4c3ccn4COCC[Si](C)(C)C)cn2)C1. The Morgan fingerprint density at radius 1 is 1.13 bits per heavy atom. The molecule has 3 heterocycles. The van der Waals surface area contributed by atoms with E-state index in [0.29, 0.717) is 30.0 Å². The molecular weight excluding hydrogens is 626 g/mol. The molecule has 0 bridgehead atoms. The molecule has 244 valence electrons. The van der Waals surface area contributed by atoms with Crippen molar-refractivity contribution < 1.29 is 27.1 Å². The molecule has 10 nitrogen and oxygen atoms in total. The molecule has 1 saturated heterocycles. The van der Waals surface area contributed by atoms with E-state index in [1.165, 1.54) is 40.0 Å². The highest BCUT2D eigenvalue weighted by molar-refractivity contribution is 7.92. The molecule has 1 atom stereocenters. The quantitative estimate of drug-likeness (QED) is 0.142. The number of carbonyl (C=O) groups is 1. The van der Waals surface area contributed by atoms with Gasteiger partial charge in [-0.2, -0.15) is 10.4 Å². The first-order chi connectivity index (χ1) is 21.6. The second kappa shape index (κ2) is 12.3. The van der Waals surface area contributed by atoms with E-state index in [1.807, 2.05) is 22.9 Å². The number of nitrogens with zero attached hydrogens (tertiary/aromatic N) is 5. The van der Waals surface area contributed by atoms with Crippen molar-refractivity contribution in [3.63, 3.8) is 0 Å². The minimum atomic E-state index is -4.48. The van der Waals surface area contributed by atoms with Crippen LogP contribution in [0.5, 0.6) is 0 Å². The smallest absolute Gasteiger partial charge is 0.410 e. The summed E-state index contributed by atoms with van der Waals surface area (Å²) in [6.07, 6.45) is 4.27. The lowest BCUT2D eigenvalue weighted by Gasteiger charge is -2.50. The second-order valence-corrected chi connectivity index (χ2v) is 21.6. The molecule has 4 aromatic rings. The van der Waals surface area contributed by atoms with Crippen LogP contribution < -0.4 is 0 Å². The first-order valence-electron chi connectivity index (χ1n) is 15.1. The van der Waals surface area contributed by atoms with Crippen LogP contribution in [-0.2, 0) is 31.6 Å². The molecular formula is C33H40FN5O5SSi. The van der Waals surface area contributed by atoms with Crippen LogP contribution in [-0.4, -0.2) is 72.6 Å². The van der Waals surface area contributed by atoms with E-state index in [1.54, 1.807) is 39.1 Å². The van der Waals surface area contributed by atoms with Gasteiger partial charge in [0.25, 0.3) is 0 Å². The number of fused-ring (bicyclic) bond motifs is 1. The molecule has 0 spiro atoms. The first kappa shape index (κ1) is 33.4. The van der Waals surface area contributed by atoms with Gasteiger partial charge in [0.2, 0.25) is 15.3 Å². The third-order valence-electron chi connectivity index (χ3n) is 7.98. The van der Waals surface area contributed by atoms with Crippen LogP contribution in [0.2, 0.25) is 25.7 Å². The highest BCUT2D eigenvalue weighted by Crippen LogP contribution is 2.41. The topological polar surface area (TPSA) is 119 Å². The Labute approximate surface area is 270 Å². The van der Waals surface area contributed by atoms with Gasteiger partial charge >= 0.3 is 6.09 Å². The summed E-state index contributed by atoms with van der Waals surface area (Å²) in [7, 11) is -5.73. The van der Waals surface area contributed by atoms with Gasteiger partial charge in [0.05, 0.1) is 41.3 Å². The summed E-state index contributed by atoms with van der Waals surface area (Å²) in [5.74, 6) is 0. The number of rotatable bonds is 10. The van der Waals surface area contributed by atoms with E-state index in [-0.39, 0.29) is 18.0 Å². The number of nitriles is 1. The number of benzene rings is 2. The Morgan fingerprint density at radius 2 is 1.83 bits per heavy atom. The molecule has 1 aliphatic rings. The Morgan fingerprint density at radius 3 is 2.46 bits per heavy atom. The summed E-state index contributed by atoms with van der Waals surface area (Å²) < 4.78 is 58.4. The number of hydrogen-bond acceptors (Lipinski definition) is 7. The van der Waals surface area contributed by atoms with Gasteiger partial charge in [-0.25, -0.2) is 17.6 Å². The zero-order valence-electron chi connectivity index (χ0n) is 27.0. The molecule has 13 heteroatoms. The van der Waals surface area contributed by atoms with Crippen molar-refractivity contribution in [1.29, 1.82) is 5.26 Å². The average molecular weight is 666 g/mol. The number of aromatic nitrogens is 3. The minimum absolute atomic E-state index is 0.171. The molecule has 1 fully saturated rings. The van der Waals surface area contributed by atoms with Crippen molar-refractivity contribution in [3.05, 3.63) is 72.7 Å². The lowest BCUT2D eigenvalue weighted by Crippen LogP contribution is -2.70. The van der Waals surface area contributed by atoms with Gasteiger partial charge in [0.15, 0.2) is 0 Å². The van der Waals surface area contributed by atoms with Gasteiger partial charge in [-0.15, -0.1) is 0 Å². The molecule has 0 saturated carbocycles. The Bertz CT molecular complexity index is 1880. The zero-order valence-corrected chi connectivity index (χ0v) is 28.8. The van der Waals surface area contributed by atoms with Crippen LogP contribution in [0, 0.1) is 11.3 Å². The first-order valence-corrected chi connectivity index (χ1v) is 20.4. The van der Waals surface area contributed by atoms with Crippen molar-refractivity contribution in [3.8, 4) is 17.2 Å². The standard InChI is InChI=1S/C33H40FN5O5SSi/c1-32(2,3)44-31(40)38-21-33(22-38,30(34)45(41,42)26-10-8-7-9-11-26)39-20-25(19-36-39)29-24(18-35)12-13-28-27(29)14-15-37(28)23-43-16-17-46(4,5)6/h7-15,19-20,30H,16-17,21-23H2,1-6H3. The van der Waals surface area contributed by atoms with Crippen molar-refractivity contribution in [2.45, 2.75) is 74.7 Å². The fourth-order valence-electron chi connectivity index (χ4n) is 5.51. The molecule has 5 rings (SSSR count).